The summed E-state index contributed by atoms with van der Waals surface area (Å²) in [7, 11) is 0. The van der Waals surface area contributed by atoms with Crippen LogP contribution in [0.2, 0.25) is 0 Å². The standard InChI is InChI=1S/C8H17NO2.2C2H6/c1-4-8(2,3)6-9-7(11)5-10;2*1-2/h10H,4-6H2,1-3H3,(H,9,11);2*1-2H3. The number of hydrogen-bond acceptors (Lipinski definition) is 2. The molecule has 0 aromatic rings. The van der Waals surface area contributed by atoms with E-state index in [-0.39, 0.29) is 11.3 Å². The van der Waals surface area contributed by atoms with Crippen LogP contribution in [-0.4, -0.2) is 24.2 Å². The Morgan fingerprint density at radius 1 is 1.20 bits per heavy atom. The van der Waals surface area contributed by atoms with E-state index >= 15 is 0 Å². The van der Waals surface area contributed by atoms with E-state index in [1.165, 1.54) is 0 Å². The van der Waals surface area contributed by atoms with Crippen molar-refractivity contribution in [3.8, 4) is 0 Å². The average Bonchev–Trinajstić information content (AvgIpc) is 2.31. The number of amides is 1. The molecule has 0 unspecified atom stereocenters. The molecular formula is C12H29NO2. The molecule has 0 saturated carbocycles. The summed E-state index contributed by atoms with van der Waals surface area (Å²) in [5.41, 5.74) is 0.130. The summed E-state index contributed by atoms with van der Waals surface area (Å²) in [4.78, 5) is 10.6. The fourth-order valence-corrected chi connectivity index (χ4v) is 0.519. The lowest BCUT2D eigenvalue weighted by molar-refractivity contribution is -0.124. The molecule has 3 heteroatoms. The van der Waals surface area contributed by atoms with Crippen LogP contribution in [0, 0.1) is 5.41 Å². The first kappa shape index (κ1) is 19.9. The predicted molar refractivity (Wildman–Crippen MR) is 66.9 cm³/mol. The number of nitrogens with one attached hydrogen (secondary N) is 1. The van der Waals surface area contributed by atoms with Gasteiger partial charge in [-0.3, -0.25) is 4.79 Å². The molecule has 0 bridgehead atoms. The minimum Gasteiger partial charge on any atom is -0.387 e. The fourth-order valence-electron chi connectivity index (χ4n) is 0.519. The highest BCUT2D eigenvalue weighted by molar-refractivity contribution is 5.76. The van der Waals surface area contributed by atoms with E-state index in [9.17, 15) is 4.79 Å². The third-order valence-electron chi connectivity index (χ3n) is 1.86. The van der Waals surface area contributed by atoms with Crippen LogP contribution >= 0.6 is 0 Å². The van der Waals surface area contributed by atoms with Gasteiger partial charge in [-0.15, -0.1) is 0 Å². The molecule has 0 aromatic carbocycles. The van der Waals surface area contributed by atoms with Crippen LogP contribution in [0.25, 0.3) is 0 Å². The van der Waals surface area contributed by atoms with Gasteiger partial charge in [-0.05, 0) is 11.8 Å². The number of aliphatic hydroxyl groups excluding tert-OH is 1. The molecule has 0 aliphatic rings. The minimum absolute atomic E-state index is 0.130. The Morgan fingerprint density at radius 3 is 1.87 bits per heavy atom. The highest BCUT2D eigenvalue weighted by atomic mass is 16.3. The summed E-state index contributed by atoms with van der Waals surface area (Å²) in [6.07, 6.45) is 1.01. The first-order valence-electron chi connectivity index (χ1n) is 5.89. The van der Waals surface area contributed by atoms with Crippen LogP contribution < -0.4 is 5.32 Å². The van der Waals surface area contributed by atoms with Gasteiger partial charge in [-0.2, -0.15) is 0 Å². The van der Waals surface area contributed by atoms with Crippen molar-refractivity contribution < 1.29 is 9.90 Å². The Balaban J connectivity index is -0.000000318. The zero-order valence-electron chi connectivity index (χ0n) is 11.5. The van der Waals surface area contributed by atoms with Gasteiger partial charge in [-0.25, -0.2) is 0 Å². The molecule has 0 spiro atoms. The van der Waals surface area contributed by atoms with Gasteiger partial charge in [0.15, 0.2) is 0 Å². The van der Waals surface area contributed by atoms with Crippen LogP contribution in [0.5, 0.6) is 0 Å². The van der Waals surface area contributed by atoms with E-state index in [4.69, 9.17) is 5.11 Å². The van der Waals surface area contributed by atoms with E-state index in [0.29, 0.717) is 6.54 Å². The molecule has 0 fully saturated rings. The third kappa shape index (κ3) is 16.1. The van der Waals surface area contributed by atoms with Crippen molar-refractivity contribution in [2.24, 2.45) is 5.41 Å². The molecule has 0 rings (SSSR count). The molecule has 0 aliphatic carbocycles. The Labute approximate surface area is 95.3 Å². The number of rotatable bonds is 4. The van der Waals surface area contributed by atoms with Gasteiger partial charge >= 0.3 is 0 Å². The second-order valence-corrected chi connectivity index (χ2v) is 3.45. The van der Waals surface area contributed by atoms with Crippen molar-refractivity contribution in [3.05, 3.63) is 0 Å². The molecule has 0 heterocycles. The lowest BCUT2D eigenvalue weighted by Gasteiger charge is -2.22. The molecule has 0 saturated heterocycles. The van der Waals surface area contributed by atoms with Crippen molar-refractivity contribution >= 4 is 5.91 Å². The zero-order valence-corrected chi connectivity index (χ0v) is 11.5. The summed E-state index contributed by atoms with van der Waals surface area (Å²) in [6.45, 7) is 14.4. The Hall–Kier alpha value is -0.570. The highest BCUT2D eigenvalue weighted by Crippen LogP contribution is 2.17. The van der Waals surface area contributed by atoms with E-state index in [1.54, 1.807) is 0 Å². The van der Waals surface area contributed by atoms with Gasteiger partial charge in [0.2, 0.25) is 5.91 Å². The van der Waals surface area contributed by atoms with Crippen molar-refractivity contribution in [1.82, 2.24) is 5.32 Å². The summed E-state index contributed by atoms with van der Waals surface area (Å²) in [5, 5.41) is 11.0. The van der Waals surface area contributed by atoms with E-state index in [2.05, 4.69) is 26.1 Å². The largest absolute Gasteiger partial charge is 0.387 e. The Morgan fingerprint density at radius 2 is 1.60 bits per heavy atom. The van der Waals surface area contributed by atoms with Gasteiger partial charge in [0.25, 0.3) is 0 Å². The SMILES string of the molecule is CC.CC.CCC(C)(C)CNC(=O)CO. The van der Waals surface area contributed by atoms with Crippen molar-refractivity contribution in [2.45, 2.75) is 54.9 Å². The molecule has 0 radical (unpaired) electrons. The topological polar surface area (TPSA) is 49.3 Å². The molecule has 0 aromatic heterocycles. The van der Waals surface area contributed by atoms with Crippen LogP contribution in [-0.2, 0) is 4.79 Å². The number of aliphatic hydroxyl groups is 1. The predicted octanol–water partition coefficient (Wildman–Crippen LogP) is 2.58. The van der Waals surface area contributed by atoms with Gasteiger partial charge in [0.05, 0.1) is 0 Å². The summed E-state index contributed by atoms with van der Waals surface area (Å²) in [5.74, 6) is -0.300. The van der Waals surface area contributed by atoms with Crippen LogP contribution in [0.4, 0.5) is 0 Å². The molecule has 2 N–H and O–H groups in total. The quantitative estimate of drug-likeness (QED) is 0.763. The normalized spacial score (nSPS) is 9.07. The lowest BCUT2D eigenvalue weighted by Crippen LogP contribution is -2.35. The van der Waals surface area contributed by atoms with Gasteiger partial charge in [-0.1, -0.05) is 48.5 Å². The number of carbonyl (C=O) groups excluding carboxylic acids is 1. The molecule has 0 atom stereocenters. The third-order valence-corrected chi connectivity index (χ3v) is 1.86. The first-order chi connectivity index (χ1) is 7.02. The van der Waals surface area contributed by atoms with Crippen molar-refractivity contribution in [1.29, 1.82) is 0 Å². The summed E-state index contributed by atoms with van der Waals surface area (Å²) >= 11 is 0. The number of carbonyl (C=O) groups is 1. The van der Waals surface area contributed by atoms with Gasteiger partial charge < -0.3 is 10.4 Å². The Kier molecular flexibility index (Phi) is 17.8. The van der Waals surface area contributed by atoms with Crippen molar-refractivity contribution in [3.63, 3.8) is 0 Å². The number of hydrogen-bond donors (Lipinski definition) is 2. The molecular weight excluding hydrogens is 190 g/mol. The van der Waals surface area contributed by atoms with Gasteiger partial charge in [0.1, 0.15) is 6.61 Å². The van der Waals surface area contributed by atoms with E-state index in [0.717, 1.165) is 6.42 Å². The molecule has 1 amide bonds. The maximum absolute atomic E-state index is 10.6. The minimum atomic E-state index is -0.417. The molecule has 15 heavy (non-hydrogen) atoms. The molecule has 94 valence electrons. The first-order valence-corrected chi connectivity index (χ1v) is 5.89. The summed E-state index contributed by atoms with van der Waals surface area (Å²) in [6, 6.07) is 0. The summed E-state index contributed by atoms with van der Waals surface area (Å²) < 4.78 is 0. The lowest BCUT2D eigenvalue weighted by atomic mass is 9.90. The highest BCUT2D eigenvalue weighted by Gasteiger charge is 2.15. The van der Waals surface area contributed by atoms with E-state index < -0.39 is 6.61 Å². The van der Waals surface area contributed by atoms with E-state index in [1.807, 2.05) is 27.7 Å². The van der Waals surface area contributed by atoms with Crippen LogP contribution in [0.1, 0.15) is 54.9 Å². The van der Waals surface area contributed by atoms with Crippen molar-refractivity contribution in [2.75, 3.05) is 13.2 Å². The molecule has 3 nitrogen and oxygen atoms in total. The maximum Gasteiger partial charge on any atom is 0.245 e. The van der Waals surface area contributed by atoms with Gasteiger partial charge in [0, 0.05) is 6.54 Å². The fraction of sp³-hybridized carbons (Fsp3) is 0.917. The Bertz CT molecular complexity index is 134. The zero-order chi connectivity index (χ0) is 12.9. The smallest absolute Gasteiger partial charge is 0.245 e. The monoisotopic (exact) mass is 219 g/mol. The van der Waals surface area contributed by atoms with Crippen LogP contribution in [0.15, 0.2) is 0 Å². The molecule has 0 aliphatic heterocycles. The maximum atomic E-state index is 10.6. The second-order valence-electron chi connectivity index (χ2n) is 3.45. The second kappa shape index (κ2) is 13.4. The van der Waals surface area contributed by atoms with Crippen LogP contribution in [0.3, 0.4) is 0 Å². The average molecular weight is 219 g/mol.